The van der Waals surface area contributed by atoms with E-state index in [1.165, 1.54) is 27.8 Å². The number of hydrogen-bond acceptors (Lipinski definition) is 6. The summed E-state index contributed by atoms with van der Waals surface area (Å²) in [5, 5.41) is 21.1. The van der Waals surface area contributed by atoms with E-state index in [9.17, 15) is 15.0 Å². The van der Waals surface area contributed by atoms with Crippen LogP contribution in [0.2, 0.25) is 0 Å². The van der Waals surface area contributed by atoms with E-state index in [1.54, 1.807) is 6.07 Å². The zero-order valence-corrected chi connectivity index (χ0v) is 39.7. The van der Waals surface area contributed by atoms with Crippen molar-refractivity contribution >= 4 is 86.5 Å². The Morgan fingerprint density at radius 1 is 0.581 bits per heavy atom. The van der Waals surface area contributed by atoms with Crippen molar-refractivity contribution in [2.45, 2.75) is 140 Å². The van der Waals surface area contributed by atoms with Gasteiger partial charge in [0.05, 0.1) is 33.5 Å². The van der Waals surface area contributed by atoms with Crippen molar-refractivity contribution in [3.8, 4) is 22.9 Å². The van der Waals surface area contributed by atoms with E-state index < -0.39 is 19.2 Å². The Balaban J connectivity index is 0.000000458. The number of phenols is 2. The molecule has 4 aromatic carbocycles. The van der Waals surface area contributed by atoms with Gasteiger partial charge < -0.3 is 26.7 Å². The van der Waals surface area contributed by atoms with Crippen LogP contribution in [0.5, 0.6) is 11.5 Å². The molecule has 7 nitrogen and oxygen atoms in total. The number of nitrogen functional groups attached to an aromatic ring is 2. The molecule has 1 heterocycles. The first kappa shape index (κ1) is 55.8. The lowest BCUT2D eigenvalue weighted by Gasteiger charge is -2.27. The lowest BCUT2D eigenvalue weighted by atomic mass is 8.68. The lowest BCUT2D eigenvalue weighted by molar-refractivity contribution is 0.112. The predicted molar refractivity (Wildman–Crippen MR) is 278 cm³/mol. The van der Waals surface area contributed by atoms with Gasteiger partial charge in [-0.2, -0.15) is 0 Å². The van der Waals surface area contributed by atoms with Gasteiger partial charge in [-0.25, -0.2) is 4.98 Å². The monoisotopic (exact) mass is 825 g/mol. The molecule has 0 amide bonds. The molecule has 318 valence electrons. The van der Waals surface area contributed by atoms with Crippen LogP contribution in [0.3, 0.4) is 0 Å². The fourth-order valence-corrected chi connectivity index (χ4v) is 6.09. The number of imidazole rings is 1. The summed E-state index contributed by atoms with van der Waals surface area (Å²) in [7, 11) is 25.8. The highest BCUT2D eigenvalue weighted by Crippen LogP contribution is 2.42. The third-order valence-electron chi connectivity index (χ3n) is 10.7. The van der Waals surface area contributed by atoms with E-state index in [4.69, 9.17) is 55.1 Å². The molecular formula is C47H68B8N4O3. The van der Waals surface area contributed by atoms with Gasteiger partial charge in [0.25, 0.3) is 0 Å². The molecular weight excluding hydrogens is 755 g/mol. The number of nitrogens with zero attached hydrogens (tertiary/aromatic N) is 1. The van der Waals surface area contributed by atoms with Gasteiger partial charge in [0, 0.05) is 69.0 Å². The van der Waals surface area contributed by atoms with Crippen molar-refractivity contribution < 1.29 is 15.0 Å². The minimum atomic E-state index is -0.630. The zero-order chi connectivity index (χ0) is 47.3. The average Bonchev–Trinajstić information content (AvgIpc) is 3.51. The van der Waals surface area contributed by atoms with E-state index in [2.05, 4.69) is 105 Å². The van der Waals surface area contributed by atoms with Crippen LogP contribution in [0.25, 0.3) is 22.4 Å². The van der Waals surface area contributed by atoms with Crippen LogP contribution in [0.1, 0.15) is 145 Å². The van der Waals surface area contributed by atoms with Crippen LogP contribution in [-0.2, 0) is 21.7 Å². The summed E-state index contributed by atoms with van der Waals surface area (Å²) in [5.74, 6) is 1.15. The van der Waals surface area contributed by atoms with E-state index >= 15 is 0 Å². The summed E-state index contributed by atoms with van der Waals surface area (Å²) in [4.78, 5) is 19.2. The molecule has 0 unspecified atom stereocenters. The molecule has 15 heteroatoms. The third-order valence-corrected chi connectivity index (χ3v) is 10.7. The number of hydrogen-bond donors (Lipinski definition) is 5. The molecule has 0 fully saturated rings. The molecule has 62 heavy (non-hydrogen) atoms. The zero-order valence-electron chi connectivity index (χ0n) is 39.7. The van der Waals surface area contributed by atoms with E-state index in [0.717, 1.165) is 45.4 Å². The highest BCUT2D eigenvalue weighted by Gasteiger charge is 2.27. The second-order valence-corrected chi connectivity index (χ2v) is 20.3. The third kappa shape index (κ3) is 14.9. The summed E-state index contributed by atoms with van der Waals surface area (Å²) in [5.41, 5.74) is 24.0. The molecule has 0 aliphatic carbocycles. The molecule has 0 aliphatic rings. The van der Waals surface area contributed by atoms with Crippen molar-refractivity contribution in [2.75, 3.05) is 11.5 Å². The van der Waals surface area contributed by atoms with Crippen LogP contribution in [0.4, 0.5) is 11.4 Å². The Morgan fingerprint density at radius 3 is 1.34 bits per heavy atom. The smallest absolute Gasteiger partial charge is 0.153 e. The van der Waals surface area contributed by atoms with Gasteiger partial charge in [-0.1, -0.05) is 103 Å². The number of benzene rings is 4. The summed E-state index contributed by atoms with van der Waals surface area (Å²) in [6.45, 7) is 33.6. The van der Waals surface area contributed by atoms with Gasteiger partial charge in [-0.3, -0.25) is 4.79 Å². The number of carbonyl (C=O) groups excluding carboxylic acids is 1. The first-order chi connectivity index (χ1) is 27.6. The topological polar surface area (TPSA) is 138 Å². The van der Waals surface area contributed by atoms with Gasteiger partial charge in [0.2, 0.25) is 0 Å². The number of aryl methyl sites for hydroxylation is 4. The minimum absolute atomic E-state index is 0. The van der Waals surface area contributed by atoms with Crippen LogP contribution in [-0.4, -0.2) is 84.3 Å². The van der Waals surface area contributed by atoms with E-state index in [1.807, 2.05) is 52.8 Å². The number of aromatic nitrogens is 2. The average molecular weight is 824 g/mol. The van der Waals surface area contributed by atoms with Crippen molar-refractivity contribution in [2.24, 2.45) is 0 Å². The molecule has 5 aromatic rings. The Labute approximate surface area is 382 Å². The number of nitrogens with two attached hydrogens (primary N) is 2. The Kier molecular flexibility index (Phi) is 19.3. The second-order valence-electron chi connectivity index (χ2n) is 20.3. The molecule has 0 spiro atoms. The van der Waals surface area contributed by atoms with Crippen LogP contribution >= 0.6 is 0 Å². The molecule has 0 bridgehead atoms. The van der Waals surface area contributed by atoms with Gasteiger partial charge in [0.1, 0.15) is 17.3 Å². The minimum Gasteiger partial charge on any atom is -0.507 e. The maximum absolute atomic E-state index is 11.0. The molecule has 0 aliphatic heterocycles. The van der Waals surface area contributed by atoms with Crippen molar-refractivity contribution in [1.82, 2.24) is 9.97 Å². The van der Waals surface area contributed by atoms with Crippen molar-refractivity contribution in [3.63, 3.8) is 0 Å². The van der Waals surface area contributed by atoms with Gasteiger partial charge in [-0.15, -0.1) is 0 Å². The number of aldehydes is 1. The van der Waals surface area contributed by atoms with E-state index in [0.29, 0.717) is 22.7 Å². The number of anilines is 2. The Bertz CT molecular complexity index is 2200. The first-order valence-corrected chi connectivity index (χ1v) is 20.7. The maximum atomic E-state index is 11.0. The Morgan fingerprint density at radius 2 is 0.968 bits per heavy atom. The Hall–Kier alpha value is -4.26. The van der Waals surface area contributed by atoms with Gasteiger partial charge in [-0.05, 0) is 119 Å². The first-order valence-electron chi connectivity index (χ1n) is 20.7. The molecule has 7 N–H and O–H groups in total. The van der Waals surface area contributed by atoms with Crippen LogP contribution < -0.4 is 11.5 Å². The fraction of sp³-hybridized carbons (Fsp3) is 0.447. The molecule has 5 rings (SSSR count). The number of aromatic hydroxyl groups is 2. The van der Waals surface area contributed by atoms with E-state index in [-0.39, 0.29) is 34.8 Å². The van der Waals surface area contributed by atoms with Crippen molar-refractivity contribution in [1.29, 1.82) is 0 Å². The quantitative estimate of drug-likeness (QED) is 0.0697. The SMILES string of the molecule is C.CC(C)(C)c1cc(C=O)c(O)c(C(C)(C)C)c1.Cc1cc(N)c(N)cc1C.Cc1cc2nc(-c3cc(C(C)(C)C)cc(C(C)(C)C)c3O)[nH]c2cc1C.[B]B([B])B([B])B([B])[B]. The number of fused-ring (bicyclic) bond motifs is 1. The number of phenolic OH excluding ortho intramolecular Hbond substituents is 2. The second kappa shape index (κ2) is 21.4. The summed E-state index contributed by atoms with van der Waals surface area (Å²) >= 11 is 0. The normalized spacial score (nSPS) is 11.4. The van der Waals surface area contributed by atoms with Crippen molar-refractivity contribution in [3.05, 3.63) is 98.6 Å². The maximum Gasteiger partial charge on any atom is 0.153 e. The summed E-state index contributed by atoms with van der Waals surface area (Å²) in [6, 6.07) is 16.0. The lowest BCUT2D eigenvalue weighted by Crippen LogP contribution is -2.52. The number of rotatable bonds is 4. The standard InChI is InChI=1S/C23H30N2O.C15H22O2.C8H12N2.CH4.B8/c1-13-9-18-19(10-14(13)2)25-21(24-18)16-11-15(22(3,4)5)12-17(20(16)26)23(6,7)8;1-14(2,3)11-7-10(9-16)13(17)12(8-11)15(4,5)6;1-5-3-7(9)8(10)4-6(5)2;;1-6(2)8(5)7(3)4/h9-12,26H,1-8H3,(H,24,25);7-9,17H,1-6H3;3-4H,9-10H2,1-2H3;1H4;. The number of nitrogens with one attached hydrogen (secondary N) is 1. The fourth-order valence-electron chi connectivity index (χ4n) is 6.09. The molecule has 0 atom stereocenters. The highest BCUT2D eigenvalue weighted by molar-refractivity contribution is 7.89. The summed E-state index contributed by atoms with van der Waals surface area (Å²) in [6.07, 6.45) is -1.06. The molecule has 0 saturated heterocycles. The van der Waals surface area contributed by atoms with Crippen LogP contribution in [0.15, 0.2) is 48.5 Å². The van der Waals surface area contributed by atoms with Crippen LogP contribution in [0, 0.1) is 27.7 Å². The summed E-state index contributed by atoms with van der Waals surface area (Å²) < 4.78 is 0. The number of carbonyl (C=O) groups is 1. The highest BCUT2D eigenvalue weighted by atomic mass is 16.3. The largest absolute Gasteiger partial charge is 0.507 e. The molecule has 10 radical (unpaired) electrons. The van der Waals surface area contributed by atoms with Gasteiger partial charge >= 0.3 is 0 Å². The molecule has 0 saturated carbocycles. The van der Waals surface area contributed by atoms with Gasteiger partial charge in [0.15, 0.2) is 6.29 Å². The molecule has 1 aromatic heterocycles. The number of aromatic amines is 1. The number of H-pyrrole nitrogens is 1. The predicted octanol–water partition coefficient (Wildman–Crippen LogP) is 9.00.